The van der Waals surface area contributed by atoms with E-state index in [1.165, 1.54) is 0 Å². The van der Waals surface area contributed by atoms with Crippen LogP contribution in [0.4, 0.5) is 0 Å². The normalized spacial score (nSPS) is 9.73. The van der Waals surface area contributed by atoms with Gasteiger partial charge < -0.3 is 0 Å². The third-order valence-electron chi connectivity index (χ3n) is 1.24. The van der Waals surface area contributed by atoms with Crippen LogP contribution >= 0.6 is 34.8 Å². The number of rotatable bonds is 1. The zero-order valence-electron chi connectivity index (χ0n) is 5.57. The van der Waals surface area contributed by atoms with Crippen molar-refractivity contribution < 1.29 is 0 Å². The van der Waals surface area contributed by atoms with Crippen molar-refractivity contribution in [1.82, 2.24) is 0 Å². The molecule has 0 unspecified atom stereocenters. The molecule has 0 aliphatic rings. The summed E-state index contributed by atoms with van der Waals surface area (Å²) >= 11 is 17.2. The number of benzene rings is 1. The van der Waals surface area contributed by atoms with Crippen LogP contribution < -0.4 is 0 Å². The molecule has 0 bridgehead atoms. The lowest BCUT2D eigenvalue weighted by molar-refractivity contribution is 1.65. The molecule has 0 N–H and O–H groups in total. The monoisotopic (exact) mass is 206 g/mol. The van der Waals surface area contributed by atoms with Gasteiger partial charge in [0.15, 0.2) is 0 Å². The van der Waals surface area contributed by atoms with Crippen molar-refractivity contribution in [3.8, 4) is 0 Å². The van der Waals surface area contributed by atoms with Gasteiger partial charge in [0.25, 0.3) is 0 Å². The third kappa shape index (κ3) is 1.90. The summed E-state index contributed by atoms with van der Waals surface area (Å²) in [4.78, 5) is 0. The Labute approximate surface area is 80.4 Å². The van der Waals surface area contributed by atoms with Crippen molar-refractivity contribution in [3.05, 3.63) is 40.4 Å². The minimum absolute atomic E-state index is 0.400. The lowest BCUT2D eigenvalue weighted by atomic mass is 10.2. The second kappa shape index (κ2) is 3.48. The summed E-state index contributed by atoms with van der Waals surface area (Å²) in [7, 11) is 0. The molecule has 0 spiro atoms. The summed E-state index contributed by atoms with van der Waals surface area (Å²) in [5.74, 6) is 0. The van der Waals surface area contributed by atoms with Crippen LogP contribution in [0, 0.1) is 0 Å². The quantitative estimate of drug-likeness (QED) is 0.647. The molecule has 0 fully saturated rings. The molecular weight excluding hydrogens is 202 g/mol. The van der Waals surface area contributed by atoms with E-state index in [0.717, 1.165) is 0 Å². The topological polar surface area (TPSA) is 0 Å². The first-order valence-corrected chi connectivity index (χ1v) is 4.05. The maximum atomic E-state index is 5.81. The lowest BCUT2D eigenvalue weighted by Gasteiger charge is -2.01. The first-order chi connectivity index (χ1) is 5.13. The van der Waals surface area contributed by atoms with E-state index in [1.54, 1.807) is 18.2 Å². The smallest absolute Gasteiger partial charge is 0.0679 e. The molecule has 0 nitrogen and oxygen atoms in total. The summed E-state index contributed by atoms with van der Waals surface area (Å²) in [5, 5.41) is 1.35. The Kier molecular flexibility index (Phi) is 2.83. The highest BCUT2D eigenvalue weighted by molar-refractivity contribution is 6.51. The highest BCUT2D eigenvalue weighted by atomic mass is 35.5. The van der Waals surface area contributed by atoms with Gasteiger partial charge in [0.05, 0.1) is 10.0 Å². The van der Waals surface area contributed by atoms with Crippen LogP contribution in [0.1, 0.15) is 5.56 Å². The Morgan fingerprint density at radius 2 is 1.91 bits per heavy atom. The van der Waals surface area contributed by atoms with Crippen molar-refractivity contribution in [2.75, 3.05) is 0 Å². The van der Waals surface area contributed by atoms with Crippen LogP contribution in [-0.4, -0.2) is 0 Å². The zero-order valence-corrected chi connectivity index (χ0v) is 7.84. The van der Waals surface area contributed by atoms with Gasteiger partial charge in [-0.15, -0.1) is 0 Å². The molecule has 0 atom stereocenters. The summed E-state index contributed by atoms with van der Waals surface area (Å²) in [6.07, 6.45) is 0. The summed E-state index contributed by atoms with van der Waals surface area (Å²) in [6, 6.07) is 5.24. The maximum Gasteiger partial charge on any atom is 0.0679 e. The van der Waals surface area contributed by atoms with E-state index in [1.807, 2.05) is 0 Å². The average Bonchev–Trinajstić information content (AvgIpc) is 1.94. The van der Waals surface area contributed by atoms with Crippen molar-refractivity contribution >= 4 is 39.8 Å². The molecule has 0 radical (unpaired) electrons. The molecule has 3 heteroatoms. The molecule has 58 valence electrons. The van der Waals surface area contributed by atoms with E-state index in [2.05, 4.69) is 6.58 Å². The Bertz CT molecular complexity index is 291. The highest BCUT2D eigenvalue weighted by Crippen LogP contribution is 2.30. The minimum atomic E-state index is 0.400. The summed E-state index contributed by atoms with van der Waals surface area (Å²) in [6.45, 7) is 3.55. The van der Waals surface area contributed by atoms with E-state index in [0.29, 0.717) is 20.6 Å². The van der Waals surface area contributed by atoms with Crippen LogP contribution in [0.25, 0.3) is 5.03 Å². The average molecular weight is 207 g/mol. The molecule has 1 aromatic carbocycles. The van der Waals surface area contributed by atoms with Crippen LogP contribution in [0.15, 0.2) is 24.8 Å². The summed E-state index contributed by atoms with van der Waals surface area (Å²) < 4.78 is 0. The number of hydrogen-bond donors (Lipinski definition) is 0. The SMILES string of the molecule is C=C(Cl)c1cccc(Cl)c1Cl. The van der Waals surface area contributed by atoms with Crippen molar-refractivity contribution in [1.29, 1.82) is 0 Å². The van der Waals surface area contributed by atoms with Crippen LogP contribution in [0.3, 0.4) is 0 Å². The van der Waals surface area contributed by atoms with E-state index >= 15 is 0 Å². The van der Waals surface area contributed by atoms with Crippen LogP contribution in [0.5, 0.6) is 0 Å². The van der Waals surface area contributed by atoms with Gasteiger partial charge in [-0.1, -0.05) is 53.5 Å². The molecule has 1 rings (SSSR count). The van der Waals surface area contributed by atoms with Gasteiger partial charge in [0.1, 0.15) is 0 Å². The van der Waals surface area contributed by atoms with Gasteiger partial charge in [-0.25, -0.2) is 0 Å². The molecular formula is C8H5Cl3. The molecule has 11 heavy (non-hydrogen) atoms. The molecule has 0 heterocycles. The van der Waals surface area contributed by atoms with E-state index in [-0.39, 0.29) is 0 Å². The van der Waals surface area contributed by atoms with Gasteiger partial charge in [-0.05, 0) is 6.07 Å². The Morgan fingerprint density at radius 1 is 1.27 bits per heavy atom. The number of halogens is 3. The van der Waals surface area contributed by atoms with Crippen LogP contribution in [-0.2, 0) is 0 Å². The van der Waals surface area contributed by atoms with Crippen molar-refractivity contribution in [2.24, 2.45) is 0 Å². The Morgan fingerprint density at radius 3 is 2.36 bits per heavy atom. The first-order valence-electron chi connectivity index (χ1n) is 2.91. The standard InChI is InChI=1S/C8H5Cl3/c1-5(9)6-3-2-4-7(10)8(6)11/h2-4H,1H2. The second-order valence-electron chi connectivity index (χ2n) is 2.01. The fourth-order valence-corrected chi connectivity index (χ4v) is 1.33. The van der Waals surface area contributed by atoms with E-state index in [9.17, 15) is 0 Å². The number of hydrogen-bond acceptors (Lipinski definition) is 0. The molecule has 0 aliphatic carbocycles. The lowest BCUT2D eigenvalue weighted by Crippen LogP contribution is -1.78. The Balaban J connectivity index is 3.27. The van der Waals surface area contributed by atoms with Crippen LogP contribution in [0.2, 0.25) is 10.0 Å². The van der Waals surface area contributed by atoms with Gasteiger partial charge >= 0.3 is 0 Å². The van der Waals surface area contributed by atoms with E-state index < -0.39 is 0 Å². The first kappa shape index (κ1) is 8.92. The van der Waals surface area contributed by atoms with Gasteiger partial charge in [-0.2, -0.15) is 0 Å². The zero-order chi connectivity index (χ0) is 8.43. The molecule has 0 aliphatic heterocycles. The molecule has 0 saturated carbocycles. The van der Waals surface area contributed by atoms with Crippen molar-refractivity contribution in [2.45, 2.75) is 0 Å². The molecule has 0 saturated heterocycles. The largest absolute Gasteiger partial charge is 0.0843 e. The van der Waals surface area contributed by atoms with E-state index in [4.69, 9.17) is 34.8 Å². The molecule has 0 aromatic heterocycles. The highest BCUT2D eigenvalue weighted by Gasteiger charge is 2.04. The predicted octanol–water partition coefficient (Wildman–Crippen LogP) is 4.20. The Hall–Kier alpha value is -0.170. The fourth-order valence-electron chi connectivity index (χ4n) is 0.713. The summed E-state index contributed by atoms with van der Waals surface area (Å²) in [5.41, 5.74) is 0.681. The van der Waals surface area contributed by atoms with Gasteiger partial charge in [0.2, 0.25) is 0 Å². The van der Waals surface area contributed by atoms with Gasteiger partial charge in [-0.3, -0.25) is 0 Å². The van der Waals surface area contributed by atoms with Gasteiger partial charge in [0, 0.05) is 10.6 Å². The minimum Gasteiger partial charge on any atom is -0.0843 e. The third-order valence-corrected chi connectivity index (χ3v) is 2.27. The van der Waals surface area contributed by atoms with Crippen molar-refractivity contribution in [3.63, 3.8) is 0 Å². The maximum absolute atomic E-state index is 5.81. The molecule has 1 aromatic rings. The molecule has 0 amide bonds. The fraction of sp³-hybridized carbons (Fsp3) is 0. The second-order valence-corrected chi connectivity index (χ2v) is 3.25. The predicted molar refractivity (Wildman–Crippen MR) is 51.3 cm³/mol.